The molecule has 1 atom stereocenters. The van der Waals surface area contributed by atoms with Gasteiger partial charge in [0.05, 0.1) is 22.8 Å². The molecule has 0 unspecified atom stereocenters. The maximum Gasteiger partial charge on any atom is 0.418 e. The van der Waals surface area contributed by atoms with Gasteiger partial charge in [-0.15, -0.1) is 11.3 Å². The van der Waals surface area contributed by atoms with Gasteiger partial charge in [0.2, 0.25) is 0 Å². The molecule has 0 spiro atoms. The van der Waals surface area contributed by atoms with Crippen molar-refractivity contribution >= 4 is 52.2 Å². The fourth-order valence-electron chi connectivity index (χ4n) is 2.84. The lowest BCUT2D eigenvalue weighted by atomic mass is 10.2. The number of amides is 2. The molecule has 0 bridgehead atoms. The van der Waals surface area contributed by atoms with E-state index in [0.717, 1.165) is 17.5 Å². The summed E-state index contributed by atoms with van der Waals surface area (Å²) in [5.74, 6) is -0.694. The Hall–Kier alpha value is -4.11. The van der Waals surface area contributed by atoms with Crippen LogP contribution in [0.1, 0.15) is 43.7 Å². The molecular weight excluding hydrogens is 523 g/mol. The molecule has 2 amide bonds. The Morgan fingerprint density at radius 1 is 1.06 bits per heavy atom. The van der Waals surface area contributed by atoms with Gasteiger partial charge in [-0.3, -0.25) is 14.7 Å². The Morgan fingerprint density at radius 3 is 2.58 bits per heavy atom. The number of aromatic nitrogens is 6. The van der Waals surface area contributed by atoms with E-state index in [2.05, 4.69) is 46.1 Å². The number of carbonyl (C=O) groups excluding carboxylic acids is 2. The van der Waals surface area contributed by atoms with Crippen molar-refractivity contribution in [1.82, 2.24) is 35.5 Å². The summed E-state index contributed by atoms with van der Waals surface area (Å²) in [6.07, 6.45) is 0.181. The van der Waals surface area contributed by atoms with Crippen molar-refractivity contribution in [2.75, 3.05) is 10.6 Å². The summed E-state index contributed by atoms with van der Waals surface area (Å²) < 4.78 is 39.1. The maximum atomic E-state index is 13.0. The molecule has 36 heavy (non-hydrogen) atoms. The molecule has 0 saturated carbocycles. The number of carbonyl (C=O) groups is 2. The molecule has 11 nitrogen and oxygen atoms in total. The third-order valence-corrected chi connectivity index (χ3v) is 6.00. The van der Waals surface area contributed by atoms with Crippen LogP contribution in [-0.4, -0.2) is 41.9 Å². The number of nitrogens with one attached hydrogen (secondary N) is 4. The van der Waals surface area contributed by atoms with Gasteiger partial charge in [-0.25, -0.2) is 19.9 Å². The first kappa shape index (κ1) is 25.0. The number of H-pyrrole nitrogens is 1. The summed E-state index contributed by atoms with van der Waals surface area (Å²) in [6.45, 7) is 1.65. The average molecular weight is 538 g/mol. The summed E-state index contributed by atoms with van der Waals surface area (Å²) in [7, 11) is 0. The number of hydrogen-bond donors (Lipinski definition) is 4. The minimum Gasteiger partial charge on any atom is -0.342 e. The van der Waals surface area contributed by atoms with Crippen LogP contribution in [0.3, 0.4) is 0 Å². The molecule has 186 valence electrons. The van der Waals surface area contributed by atoms with Crippen molar-refractivity contribution in [3.05, 3.63) is 69.3 Å². The lowest BCUT2D eigenvalue weighted by Crippen LogP contribution is -2.27. The quantitative estimate of drug-likeness (QED) is 0.274. The van der Waals surface area contributed by atoms with Gasteiger partial charge in [0.1, 0.15) is 33.5 Å². The Morgan fingerprint density at radius 2 is 1.86 bits per heavy atom. The van der Waals surface area contributed by atoms with Gasteiger partial charge in [0.25, 0.3) is 11.8 Å². The van der Waals surface area contributed by atoms with Crippen molar-refractivity contribution in [2.45, 2.75) is 19.1 Å². The van der Waals surface area contributed by atoms with E-state index in [-0.39, 0.29) is 16.4 Å². The summed E-state index contributed by atoms with van der Waals surface area (Å²) in [4.78, 5) is 41.1. The highest BCUT2D eigenvalue weighted by Crippen LogP contribution is 2.35. The zero-order valence-corrected chi connectivity index (χ0v) is 19.7. The van der Waals surface area contributed by atoms with Crippen molar-refractivity contribution in [2.24, 2.45) is 0 Å². The Kier molecular flexibility index (Phi) is 7.12. The third kappa shape index (κ3) is 5.92. The van der Waals surface area contributed by atoms with Crippen LogP contribution < -0.4 is 16.0 Å². The smallest absolute Gasteiger partial charge is 0.342 e. The predicted octanol–water partition coefficient (Wildman–Crippen LogP) is 4.21. The van der Waals surface area contributed by atoms with Crippen LogP contribution >= 0.6 is 22.9 Å². The molecule has 0 aliphatic heterocycles. The first-order valence-electron chi connectivity index (χ1n) is 9.99. The molecule has 4 aromatic rings. The molecule has 0 saturated heterocycles. The Bertz CT molecular complexity index is 1400. The van der Waals surface area contributed by atoms with E-state index >= 15 is 0 Å². The van der Waals surface area contributed by atoms with Gasteiger partial charge in [0.15, 0.2) is 5.82 Å². The van der Waals surface area contributed by atoms with E-state index in [9.17, 15) is 22.8 Å². The van der Waals surface area contributed by atoms with Gasteiger partial charge in [-0.05, 0) is 13.0 Å². The topological polar surface area (TPSA) is 150 Å². The summed E-state index contributed by atoms with van der Waals surface area (Å²) >= 11 is 6.50. The molecule has 4 aromatic heterocycles. The number of thiazole rings is 1. The molecule has 16 heteroatoms. The van der Waals surface area contributed by atoms with E-state index in [0.29, 0.717) is 22.7 Å². The van der Waals surface area contributed by atoms with E-state index in [4.69, 9.17) is 11.6 Å². The number of hydrogen-bond acceptors (Lipinski definition) is 9. The van der Waals surface area contributed by atoms with E-state index in [1.807, 2.05) is 0 Å². The van der Waals surface area contributed by atoms with E-state index in [1.54, 1.807) is 19.2 Å². The molecule has 0 aliphatic rings. The monoisotopic (exact) mass is 537 g/mol. The zero-order chi connectivity index (χ0) is 25.9. The SMILES string of the molecule is C[C@@H](NC(=O)c1cc(Nc2cc[nH]n2)ncn1)c1ncc(C(=O)Nc2cc(C(F)(F)F)c(Cl)cn2)s1. The van der Waals surface area contributed by atoms with E-state index < -0.39 is 34.6 Å². The van der Waals surface area contributed by atoms with Crippen molar-refractivity contribution in [3.8, 4) is 0 Å². The van der Waals surface area contributed by atoms with Gasteiger partial charge >= 0.3 is 6.18 Å². The molecule has 4 heterocycles. The van der Waals surface area contributed by atoms with Crippen molar-refractivity contribution in [1.29, 1.82) is 0 Å². The second kappa shape index (κ2) is 10.2. The maximum absolute atomic E-state index is 13.0. The second-order valence-corrected chi connectivity index (χ2v) is 8.60. The fourth-order valence-corrected chi connectivity index (χ4v) is 3.86. The number of anilines is 3. The van der Waals surface area contributed by atoms with Crippen LogP contribution in [-0.2, 0) is 6.18 Å². The molecule has 0 aliphatic carbocycles. The second-order valence-electron chi connectivity index (χ2n) is 7.13. The molecule has 0 aromatic carbocycles. The highest BCUT2D eigenvalue weighted by Gasteiger charge is 2.34. The number of halogens is 4. The van der Waals surface area contributed by atoms with Crippen LogP contribution in [0, 0.1) is 0 Å². The fraction of sp³-hybridized carbons (Fsp3) is 0.150. The summed E-state index contributed by atoms with van der Waals surface area (Å²) in [6, 6.07) is 3.15. The molecule has 0 radical (unpaired) electrons. The third-order valence-electron chi connectivity index (χ3n) is 4.52. The Labute approximate surface area is 209 Å². The number of pyridine rings is 1. The largest absolute Gasteiger partial charge is 0.418 e. The Balaban J connectivity index is 1.40. The number of rotatable bonds is 7. The van der Waals surface area contributed by atoms with Gasteiger partial charge in [-0.1, -0.05) is 11.6 Å². The molecular formula is C20H15ClF3N9O2S. The van der Waals surface area contributed by atoms with Crippen molar-refractivity contribution < 1.29 is 22.8 Å². The van der Waals surface area contributed by atoms with E-state index in [1.165, 1.54) is 18.6 Å². The van der Waals surface area contributed by atoms with Crippen LogP contribution in [0.5, 0.6) is 0 Å². The lowest BCUT2D eigenvalue weighted by molar-refractivity contribution is -0.137. The predicted molar refractivity (Wildman–Crippen MR) is 124 cm³/mol. The van der Waals surface area contributed by atoms with Gasteiger partial charge in [-0.2, -0.15) is 18.3 Å². The number of nitrogens with zero attached hydrogens (tertiary/aromatic N) is 5. The van der Waals surface area contributed by atoms with Crippen LogP contribution in [0.2, 0.25) is 5.02 Å². The average Bonchev–Trinajstić information content (AvgIpc) is 3.52. The van der Waals surface area contributed by atoms with Crippen LogP contribution in [0.4, 0.5) is 30.6 Å². The normalized spacial score (nSPS) is 12.1. The summed E-state index contributed by atoms with van der Waals surface area (Å²) in [5.41, 5.74) is -1.04. The number of alkyl halides is 3. The highest BCUT2D eigenvalue weighted by molar-refractivity contribution is 7.13. The molecule has 4 N–H and O–H groups in total. The van der Waals surface area contributed by atoms with Gasteiger partial charge in [0, 0.05) is 24.5 Å². The molecule has 4 rings (SSSR count). The first-order valence-corrected chi connectivity index (χ1v) is 11.2. The first-order chi connectivity index (χ1) is 17.1. The molecule has 0 fully saturated rings. The van der Waals surface area contributed by atoms with Crippen LogP contribution in [0.15, 0.2) is 43.1 Å². The highest BCUT2D eigenvalue weighted by atomic mass is 35.5. The van der Waals surface area contributed by atoms with Gasteiger partial charge < -0.3 is 16.0 Å². The number of aromatic amines is 1. The summed E-state index contributed by atoms with van der Waals surface area (Å²) in [5, 5.41) is 14.3. The van der Waals surface area contributed by atoms with Crippen molar-refractivity contribution in [3.63, 3.8) is 0 Å². The zero-order valence-electron chi connectivity index (χ0n) is 18.1. The minimum atomic E-state index is -4.70. The lowest BCUT2D eigenvalue weighted by Gasteiger charge is -2.11. The minimum absolute atomic E-state index is 0.0821. The standard InChI is InChI=1S/C20H15ClF3N9O2S/c1-9(30-17(34)12-5-16(28-8-27-12)31-14-2-3-29-33-14)19-26-7-13(36-19)18(35)32-15-4-10(20(22,23)24)11(21)6-25-15/h2-9H,1H3,(H,30,34)(H,25,32,35)(H2,27,28,29,31,33)/t9-/m1/s1. The van der Waals surface area contributed by atoms with Crippen LogP contribution in [0.25, 0.3) is 0 Å².